The van der Waals surface area contributed by atoms with Crippen LogP contribution in [0.4, 0.5) is 0 Å². The minimum absolute atomic E-state index is 0.742. The van der Waals surface area contributed by atoms with E-state index < -0.39 is 26.4 Å². The molecule has 12 heteroatoms. The van der Waals surface area contributed by atoms with Crippen LogP contribution in [-0.4, -0.2) is 20.7 Å². The molecule has 0 saturated carbocycles. The van der Waals surface area contributed by atoms with Crippen molar-refractivity contribution >= 4 is 0 Å². The van der Waals surface area contributed by atoms with Crippen molar-refractivity contribution in [3.05, 3.63) is 35.6 Å². The highest BCUT2D eigenvalue weighted by Crippen LogP contribution is 2.10. The van der Waals surface area contributed by atoms with Crippen molar-refractivity contribution in [3.8, 4) is 0 Å². The molecule has 0 atom stereocenters. The third kappa shape index (κ3) is 1.63. The fourth-order valence-electron chi connectivity index (χ4n) is 0.394. The van der Waals surface area contributed by atoms with Gasteiger partial charge in [-0.25, -0.2) is 5.64 Å². The largest absolute Gasteiger partial charge is 0.887 e. The Morgan fingerprint density at radius 1 is 1.00 bits per heavy atom. The first-order valence-corrected chi connectivity index (χ1v) is 2.44. The molecule has 2 N–H and O–H groups in total. The molecule has 0 heterocycles. The summed E-state index contributed by atoms with van der Waals surface area (Å²) in [5.74, 6) is -4.15. The Hall–Kier alpha value is -1.92. The maximum atomic E-state index is 9.93. The van der Waals surface area contributed by atoms with Gasteiger partial charge in [0.1, 0.15) is 0 Å². The van der Waals surface area contributed by atoms with Crippen LogP contribution < -0.4 is 5.64 Å². The average Bonchev–Trinajstić information content (AvgIpc) is 1.97. The van der Waals surface area contributed by atoms with E-state index in [1.807, 2.05) is 0 Å². The lowest BCUT2D eigenvalue weighted by atomic mass is 10.8. The summed E-state index contributed by atoms with van der Waals surface area (Å²) in [6.07, 6.45) is 0. The summed E-state index contributed by atoms with van der Waals surface area (Å²) in [6.45, 7) is 0. The standard InChI is InChI=1S/CH2N4O8/c6-2-13-1(3(7)8,4(9)10)5(11)12/h2H2. The first-order chi connectivity index (χ1) is 5.89. The fraction of sp³-hybridized carbons (Fsp3) is 1.00. The smallest absolute Gasteiger partial charge is 0.601 e. The number of quaternary nitrogens is 1. The van der Waals surface area contributed by atoms with E-state index in [2.05, 4.69) is 4.84 Å². The van der Waals surface area contributed by atoms with Crippen LogP contribution in [0.1, 0.15) is 0 Å². The minimum Gasteiger partial charge on any atom is -0.601 e. The second-order valence-corrected chi connectivity index (χ2v) is 1.56. The molecule has 0 spiro atoms. The molecule has 0 aromatic rings. The Labute approximate surface area is 68.1 Å². The van der Waals surface area contributed by atoms with Gasteiger partial charge in [0.05, 0.1) is 0 Å². The van der Waals surface area contributed by atoms with Crippen molar-refractivity contribution in [1.82, 2.24) is 0 Å². The molecule has 0 aliphatic carbocycles. The Balaban J connectivity index is 5.18. The molecular formula is CH2N4O8. The lowest BCUT2D eigenvalue weighted by molar-refractivity contribution is -1.11. The number of nitrogens with two attached hydrogens (primary N) is 1. The van der Waals surface area contributed by atoms with Gasteiger partial charge in [-0.3, -0.25) is 30.3 Å². The zero-order valence-corrected chi connectivity index (χ0v) is 5.68. The van der Waals surface area contributed by atoms with Crippen molar-refractivity contribution in [2.24, 2.45) is 0 Å². The summed E-state index contributed by atoms with van der Waals surface area (Å²) in [4.78, 5) is 27.2. The molecule has 0 aromatic carbocycles. The van der Waals surface area contributed by atoms with Gasteiger partial charge in [-0.1, -0.05) is 0 Å². The Kier molecular flexibility index (Phi) is 3.11. The second-order valence-electron chi connectivity index (χ2n) is 1.56. The summed E-state index contributed by atoms with van der Waals surface area (Å²) >= 11 is 0. The lowest BCUT2D eigenvalue weighted by Gasteiger charge is -2.05. The van der Waals surface area contributed by atoms with E-state index in [1.165, 1.54) is 0 Å². The molecule has 0 aliphatic heterocycles. The lowest BCUT2D eigenvalue weighted by Crippen LogP contribution is -2.83. The van der Waals surface area contributed by atoms with E-state index in [0.29, 0.717) is 0 Å². The SMILES string of the molecule is O=[N+]([O-])C(O[NH2+][O-])([N+](=O)[O-])[N+](=O)[O-]. The van der Waals surface area contributed by atoms with Crippen LogP contribution in [0.15, 0.2) is 0 Å². The molecule has 0 saturated heterocycles. The zero-order chi connectivity index (χ0) is 10.6. The fourth-order valence-corrected chi connectivity index (χ4v) is 0.394. The summed E-state index contributed by atoms with van der Waals surface area (Å²) in [7, 11) is 0. The van der Waals surface area contributed by atoms with Gasteiger partial charge in [-0.15, -0.1) is 0 Å². The molecule has 0 amide bonds. The molecule has 0 fully saturated rings. The summed E-state index contributed by atoms with van der Waals surface area (Å²) in [5.41, 5.74) is -0.742. The van der Waals surface area contributed by atoms with Gasteiger partial charge >= 0.3 is 5.97 Å². The summed E-state index contributed by atoms with van der Waals surface area (Å²) < 4.78 is 0. The highest BCUT2D eigenvalue weighted by molar-refractivity contribution is 4.31. The van der Waals surface area contributed by atoms with Crippen LogP contribution in [0.2, 0.25) is 0 Å². The predicted octanol–water partition coefficient (Wildman–Crippen LogP) is -2.58. The molecule has 0 aromatic heterocycles. The molecule has 0 rings (SSSR count). The van der Waals surface area contributed by atoms with Gasteiger partial charge in [-0.2, -0.15) is 0 Å². The Bertz CT molecular complexity index is 210. The molecule has 0 radical (unpaired) electrons. The number of nitrogens with zero attached hydrogens (tertiary/aromatic N) is 3. The van der Waals surface area contributed by atoms with E-state index in [4.69, 9.17) is 0 Å². The van der Waals surface area contributed by atoms with Crippen LogP contribution in [0.5, 0.6) is 0 Å². The quantitative estimate of drug-likeness (QED) is 0.284. The summed E-state index contributed by atoms with van der Waals surface area (Å²) in [5, 5.41) is 39.4. The zero-order valence-electron chi connectivity index (χ0n) is 5.68. The van der Waals surface area contributed by atoms with Crippen LogP contribution in [0.3, 0.4) is 0 Å². The highest BCUT2D eigenvalue weighted by Gasteiger charge is 2.77. The van der Waals surface area contributed by atoms with Gasteiger partial charge in [-0.05, 0) is 0 Å². The summed E-state index contributed by atoms with van der Waals surface area (Å²) in [6, 6.07) is 0. The van der Waals surface area contributed by atoms with Crippen molar-refractivity contribution in [2.75, 3.05) is 0 Å². The first kappa shape index (κ1) is 11.1. The van der Waals surface area contributed by atoms with Gasteiger partial charge in [0.25, 0.3) is 0 Å². The van der Waals surface area contributed by atoms with Crippen LogP contribution in [-0.2, 0) is 4.84 Å². The van der Waals surface area contributed by atoms with Crippen molar-refractivity contribution in [1.29, 1.82) is 0 Å². The monoisotopic (exact) mass is 198 g/mol. The Morgan fingerprint density at radius 3 is 1.38 bits per heavy atom. The van der Waals surface area contributed by atoms with E-state index in [1.54, 1.807) is 0 Å². The first-order valence-electron chi connectivity index (χ1n) is 2.44. The van der Waals surface area contributed by atoms with Crippen molar-refractivity contribution in [2.45, 2.75) is 5.97 Å². The second kappa shape index (κ2) is 3.65. The highest BCUT2D eigenvalue weighted by atomic mass is 16.9. The number of hydrogen-bond donors (Lipinski definition) is 1. The minimum atomic E-state index is -4.15. The molecule has 0 bridgehead atoms. The van der Waals surface area contributed by atoms with Gasteiger partial charge < -0.3 is 5.21 Å². The van der Waals surface area contributed by atoms with Gasteiger partial charge in [0.2, 0.25) is 14.8 Å². The average molecular weight is 198 g/mol. The van der Waals surface area contributed by atoms with Crippen LogP contribution in [0, 0.1) is 35.6 Å². The Morgan fingerprint density at radius 2 is 1.31 bits per heavy atom. The van der Waals surface area contributed by atoms with E-state index >= 15 is 0 Å². The number of rotatable bonds is 5. The van der Waals surface area contributed by atoms with Gasteiger partial charge in [0.15, 0.2) is 0 Å². The van der Waals surface area contributed by atoms with Gasteiger partial charge in [0, 0.05) is 4.84 Å². The van der Waals surface area contributed by atoms with Crippen LogP contribution in [0.25, 0.3) is 0 Å². The third-order valence-electron chi connectivity index (χ3n) is 0.920. The molecule has 0 aliphatic rings. The molecule has 12 nitrogen and oxygen atoms in total. The maximum absolute atomic E-state index is 9.93. The topological polar surface area (TPSA) is 178 Å². The van der Waals surface area contributed by atoms with E-state index in [9.17, 15) is 35.6 Å². The molecule has 74 valence electrons. The van der Waals surface area contributed by atoms with E-state index in [-0.39, 0.29) is 0 Å². The predicted molar refractivity (Wildman–Crippen MR) is 30.1 cm³/mol. The normalized spacial score (nSPS) is 10.8. The van der Waals surface area contributed by atoms with E-state index in [0.717, 1.165) is 0 Å². The van der Waals surface area contributed by atoms with Crippen molar-refractivity contribution in [3.63, 3.8) is 0 Å². The van der Waals surface area contributed by atoms with Crippen molar-refractivity contribution < 1.29 is 25.3 Å². The maximum Gasteiger partial charge on any atom is 0.887 e. The molecule has 13 heavy (non-hydrogen) atoms. The molecule has 0 unspecified atom stereocenters. The number of hydrogen-bond acceptors (Lipinski definition) is 8. The third-order valence-corrected chi connectivity index (χ3v) is 0.920. The van der Waals surface area contributed by atoms with Crippen LogP contribution >= 0.6 is 0 Å². The molecular weight excluding hydrogens is 196 g/mol. The number of nitro groups is 3.